The zero-order chi connectivity index (χ0) is 18.3. The van der Waals surface area contributed by atoms with E-state index in [2.05, 4.69) is 4.98 Å². The van der Waals surface area contributed by atoms with Crippen molar-refractivity contribution in [1.29, 1.82) is 0 Å². The average Bonchev–Trinajstić information content (AvgIpc) is 3.03. The SMILES string of the molecule is COc1ccc(C(C)=O)cc1Cn1cnc2sc3c(c2c1=O)CCCC3. The smallest absolute Gasteiger partial charge is 0.262 e. The predicted octanol–water partition coefficient (Wildman–Crippen LogP) is 3.60. The number of carbonyl (C=O) groups excluding carboxylic acids is 1. The molecule has 0 spiro atoms. The largest absolute Gasteiger partial charge is 0.496 e. The third-order valence-electron chi connectivity index (χ3n) is 4.97. The van der Waals surface area contributed by atoms with E-state index in [1.165, 1.54) is 23.8 Å². The standard InChI is InChI=1S/C20H20N2O3S/c1-12(23)13-7-8-16(25-2)14(9-13)10-22-11-21-19-18(20(22)24)15-5-3-4-6-17(15)26-19/h7-9,11H,3-6,10H2,1-2H3. The molecule has 0 fully saturated rings. The van der Waals surface area contributed by atoms with Crippen LogP contribution in [-0.4, -0.2) is 22.4 Å². The van der Waals surface area contributed by atoms with Crippen LogP contribution in [0.2, 0.25) is 0 Å². The summed E-state index contributed by atoms with van der Waals surface area (Å²) in [5.74, 6) is 0.649. The second-order valence-electron chi connectivity index (χ2n) is 6.65. The number of ketones is 1. The van der Waals surface area contributed by atoms with Crippen LogP contribution >= 0.6 is 11.3 Å². The van der Waals surface area contributed by atoms with E-state index in [1.807, 2.05) is 0 Å². The Morgan fingerprint density at radius 2 is 2.12 bits per heavy atom. The van der Waals surface area contributed by atoms with E-state index in [9.17, 15) is 9.59 Å². The summed E-state index contributed by atoms with van der Waals surface area (Å²) in [5, 5.41) is 0.772. The number of Topliss-reactive ketones (excluding diaryl/α,β-unsaturated/α-hetero) is 1. The summed E-state index contributed by atoms with van der Waals surface area (Å²) in [7, 11) is 1.59. The van der Waals surface area contributed by atoms with Gasteiger partial charge in [0.2, 0.25) is 0 Å². The summed E-state index contributed by atoms with van der Waals surface area (Å²) in [6.45, 7) is 1.86. The lowest BCUT2D eigenvalue weighted by Crippen LogP contribution is -2.22. The number of nitrogens with zero attached hydrogens (tertiary/aromatic N) is 2. The van der Waals surface area contributed by atoms with Crippen LogP contribution in [0.4, 0.5) is 0 Å². The molecule has 0 atom stereocenters. The Labute approximate surface area is 155 Å². The van der Waals surface area contributed by atoms with Crippen molar-refractivity contribution in [1.82, 2.24) is 9.55 Å². The molecule has 2 aromatic heterocycles. The molecule has 1 aliphatic carbocycles. The third-order valence-corrected chi connectivity index (χ3v) is 6.17. The van der Waals surface area contributed by atoms with Crippen molar-refractivity contribution in [3.8, 4) is 5.75 Å². The van der Waals surface area contributed by atoms with Crippen molar-refractivity contribution in [2.75, 3.05) is 7.11 Å². The summed E-state index contributed by atoms with van der Waals surface area (Å²) in [6, 6.07) is 5.31. The second kappa shape index (κ2) is 6.68. The first-order valence-corrected chi connectivity index (χ1v) is 9.57. The van der Waals surface area contributed by atoms with E-state index in [0.717, 1.165) is 35.0 Å². The highest BCUT2D eigenvalue weighted by Crippen LogP contribution is 2.33. The van der Waals surface area contributed by atoms with Crippen molar-refractivity contribution >= 4 is 27.3 Å². The monoisotopic (exact) mass is 368 g/mol. The number of rotatable bonds is 4. The Balaban J connectivity index is 1.81. The van der Waals surface area contributed by atoms with Gasteiger partial charge in [0.15, 0.2) is 5.78 Å². The summed E-state index contributed by atoms with van der Waals surface area (Å²) in [4.78, 5) is 31.5. The fourth-order valence-electron chi connectivity index (χ4n) is 3.60. The van der Waals surface area contributed by atoms with E-state index >= 15 is 0 Å². The molecular formula is C20H20N2O3S. The van der Waals surface area contributed by atoms with Crippen LogP contribution < -0.4 is 10.3 Å². The summed E-state index contributed by atoms with van der Waals surface area (Å²) in [6.07, 6.45) is 5.92. The maximum atomic E-state index is 13.1. The first kappa shape index (κ1) is 17.0. The molecule has 0 aliphatic heterocycles. The van der Waals surface area contributed by atoms with Crippen molar-refractivity contribution in [3.63, 3.8) is 0 Å². The van der Waals surface area contributed by atoms with Crippen molar-refractivity contribution in [2.45, 2.75) is 39.2 Å². The quantitative estimate of drug-likeness (QED) is 0.660. The first-order chi connectivity index (χ1) is 12.6. The summed E-state index contributed by atoms with van der Waals surface area (Å²) >= 11 is 1.65. The average molecular weight is 368 g/mol. The van der Waals surface area contributed by atoms with Crippen LogP contribution in [0.1, 0.15) is 46.1 Å². The fourth-order valence-corrected chi connectivity index (χ4v) is 4.82. The molecule has 2 heterocycles. The molecule has 6 heteroatoms. The Morgan fingerprint density at radius 1 is 1.31 bits per heavy atom. The predicted molar refractivity (Wildman–Crippen MR) is 103 cm³/mol. The molecule has 0 radical (unpaired) electrons. The second-order valence-corrected chi connectivity index (χ2v) is 7.74. The van der Waals surface area contributed by atoms with Gasteiger partial charge >= 0.3 is 0 Å². The number of aryl methyl sites for hydroxylation is 2. The van der Waals surface area contributed by atoms with Crippen LogP contribution in [0.5, 0.6) is 5.75 Å². The van der Waals surface area contributed by atoms with Gasteiger partial charge in [-0.15, -0.1) is 11.3 Å². The molecule has 0 saturated carbocycles. The molecule has 3 aromatic rings. The lowest BCUT2D eigenvalue weighted by atomic mass is 9.97. The first-order valence-electron chi connectivity index (χ1n) is 8.76. The molecule has 1 aromatic carbocycles. The minimum atomic E-state index is -0.0123. The van der Waals surface area contributed by atoms with Gasteiger partial charge in [-0.3, -0.25) is 14.2 Å². The third kappa shape index (κ3) is 2.84. The van der Waals surface area contributed by atoms with Gasteiger partial charge in [0, 0.05) is 16.0 Å². The highest BCUT2D eigenvalue weighted by molar-refractivity contribution is 7.18. The molecule has 0 bridgehead atoms. The van der Waals surface area contributed by atoms with Gasteiger partial charge in [-0.2, -0.15) is 0 Å². The summed E-state index contributed by atoms with van der Waals surface area (Å²) in [5.41, 5.74) is 2.58. The number of ether oxygens (including phenoxy) is 1. The maximum Gasteiger partial charge on any atom is 0.262 e. The van der Waals surface area contributed by atoms with Crippen molar-refractivity contribution < 1.29 is 9.53 Å². The van der Waals surface area contributed by atoms with Gasteiger partial charge in [0.1, 0.15) is 10.6 Å². The van der Waals surface area contributed by atoms with E-state index in [0.29, 0.717) is 17.9 Å². The molecule has 1 aliphatic rings. The molecule has 0 N–H and O–H groups in total. The van der Waals surface area contributed by atoms with Crippen LogP contribution in [0.3, 0.4) is 0 Å². The van der Waals surface area contributed by atoms with Gasteiger partial charge in [-0.25, -0.2) is 4.98 Å². The highest BCUT2D eigenvalue weighted by Gasteiger charge is 2.20. The molecule has 0 saturated heterocycles. The van der Waals surface area contributed by atoms with Crippen LogP contribution in [-0.2, 0) is 19.4 Å². The zero-order valence-electron chi connectivity index (χ0n) is 14.9. The number of aromatic nitrogens is 2. The van der Waals surface area contributed by atoms with Crippen molar-refractivity contribution in [2.24, 2.45) is 0 Å². The Morgan fingerprint density at radius 3 is 2.88 bits per heavy atom. The Kier molecular flexibility index (Phi) is 4.36. The number of carbonyl (C=O) groups is 1. The fraction of sp³-hybridized carbons (Fsp3) is 0.350. The van der Waals surface area contributed by atoms with E-state index in [1.54, 1.807) is 47.5 Å². The highest BCUT2D eigenvalue weighted by atomic mass is 32.1. The molecule has 4 rings (SSSR count). The number of fused-ring (bicyclic) bond motifs is 3. The number of hydrogen-bond acceptors (Lipinski definition) is 5. The van der Waals surface area contributed by atoms with Gasteiger partial charge in [-0.05, 0) is 56.4 Å². The summed E-state index contributed by atoms with van der Waals surface area (Å²) < 4.78 is 7.03. The molecule has 26 heavy (non-hydrogen) atoms. The lowest BCUT2D eigenvalue weighted by Gasteiger charge is -2.12. The molecule has 5 nitrogen and oxygen atoms in total. The number of hydrogen-bond donors (Lipinski definition) is 0. The van der Waals surface area contributed by atoms with Gasteiger partial charge in [0.05, 0.1) is 25.4 Å². The molecular weight excluding hydrogens is 348 g/mol. The van der Waals surface area contributed by atoms with Gasteiger partial charge in [0.25, 0.3) is 5.56 Å². The van der Waals surface area contributed by atoms with E-state index in [4.69, 9.17) is 4.74 Å². The molecule has 0 unspecified atom stereocenters. The topological polar surface area (TPSA) is 61.2 Å². The van der Waals surface area contributed by atoms with Crippen LogP contribution in [0.25, 0.3) is 10.2 Å². The van der Waals surface area contributed by atoms with E-state index < -0.39 is 0 Å². The van der Waals surface area contributed by atoms with Crippen LogP contribution in [0, 0.1) is 0 Å². The molecule has 134 valence electrons. The lowest BCUT2D eigenvalue weighted by molar-refractivity contribution is 0.101. The Hall–Kier alpha value is -2.47. The number of benzene rings is 1. The van der Waals surface area contributed by atoms with E-state index in [-0.39, 0.29) is 11.3 Å². The van der Waals surface area contributed by atoms with Crippen molar-refractivity contribution in [3.05, 3.63) is 56.4 Å². The zero-order valence-corrected chi connectivity index (χ0v) is 15.7. The van der Waals surface area contributed by atoms with Gasteiger partial charge < -0.3 is 4.74 Å². The minimum Gasteiger partial charge on any atom is -0.496 e. The number of thiophene rings is 1. The van der Waals surface area contributed by atoms with Crippen LogP contribution in [0.15, 0.2) is 29.3 Å². The Bertz CT molecular complexity index is 1060. The minimum absolute atomic E-state index is 0.00955. The number of methoxy groups -OCH3 is 1. The molecule has 0 amide bonds. The normalized spacial score (nSPS) is 13.6. The maximum absolute atomic E-state index is 13.1. The van der Waals surface area contributed by atoms with Gasteiger partial charge in [-0.1, -0.05) is 0 Å².